The second-order valence-electron chi connectivity index (χ2n) is 14.3. The van der Waals surface area contributed by atoms with E-state index in [-0.39, 0.29) is 18.8 Å². The number of aliphatic hydroxyl groups excluding tert-OH is 1. The summed E-state index contributed by atoms with van der Waals surface area (Å²) < 4.78 is 18.6. The number of hydrogen-bond donors (Lipinski definition) is 1. The number of carbonyl (C=O) groups is 1. The van der Waals surface area contributed by atoms with Crippen LogP contribution in [0.4, 0.5) is 0 Å². The van der Waals surface area contributed by atoms with E-state index >= 15 is 0 Å². The molecule has 246 valence electrons. The summed E-state index contributed by atoms with van der Waals surface area (Å²) in [6.45, 7) is 17.8. The number of benzene rings is 2. The normalized spacial score (nSPS) is 18.3. The molecule has 0 fully saturated rings. The van der Waals surface area contributed by atoms with Crippen LogP contribution >= 0.6 is 0 Å². The Balaban J connectivity index is 1.51. The Kier molecular flexibility index (Phi) is 14.1. The molecule has 1 aliphatic rings. The molecule has 0 saturated heterocycles. The zero-order valence-electron chi connectivity index (χ0n) is 29.0. The average molecular weight is 609 g/mol. The topological polar surface area (TPSA) is 65.0 Å². The van der Waals surface area contributed by atoms with Crippen LogP contribution in [0, 0.1) is 38.5 Å². The summed E-state index contributed by atoms with van der Waals surface area (Å²) in [6, 6.07) is 8.82. The summed E-state index contributed by atoms with van der Waals surface area (Å²) >= 11 is 0. The molecule has 2 aromatic rings. The van der Waals surface area contributed by atoms with Crippen LogP contribution in [0.25, 0.3) is 0 Å². The average Bonchev–Trinajstić information content (AvgIpc) is 2.99. The van der Waals surface area contributed by atoms with E-state index < -0.39 is 12.1 Å². The number of aliphatic hydroxyl groups is 1. The van der Waals surface area contributed by atoms with Gasteiger partial charge in [0.1, 0.15) is 23.7 Å². The van der Waals surface area contributed by atoms with Gasteiger partial charge in [0.05, 0.1) is 12.2 Å². The number of esters is 1. The predicted octanol–water partition coefficient (Wildman–Crippen LogP) is 9.73. The summed E-state index contributed by atoms with van der Waals surface area (Å²) in [5, 5.41) is 9.88. The minimum absolute atomic E-state index is 0.0861. The molecule has 1 aliphatic heterocycles. The molecule has 0 radical (unpaired) electrons. The van der Waals surface area contributed by atoms with Crippen molar-refractivity contribution in [2.24, 2.45) is 17.8 Å². The van der Waals surface area contributed by atoms with E-state index in [0.29, 0.717) is 5.56 Å². The second kappa shape index (κ2) is 17.2. The first-order chi connectivity index (χ1) is 20.9. The van der Waals surface area contributed by atoms with Crippen molar-refractivity contribution in [1.29, 1.82) is 0 Å². The quantitative estimate of drug-likeness (QED) is 0.171. The zero-order chi connectivity index (χ0) is 32.3. The molecule has 0 aliphatic carbocycles. The minimum Gasteiger partial charge on any atom is -0.489 e. The first-order valence-corrected chi connectivity index (χ1v) is 17.2. The summed E-state index contributed by atoms with van der Waals surface area (Å²) in [5.74, 6) is 3.78. The molecule has 44 heavy (non-hydrogen) atoms. The van der Waals surface area contributed by atoms with Crippen molar-refractivity contribution in [1.82, 2.24) is 0 Å². The fourth-order valence-corrected chi connectivity index (χ4v) is 6.57. The first-order valence-electron chi connectivity index (χ1n) is 17.2. The van der Waals surface area contributed by atoms with E-state index in [0.717, 1.165) is 65.2 Å². The van der Waals surface area contributed by atoms with Gasteiger partial charge in [-0.15, -0.1) is 0 Å². The number of rotatable bonds is 18. The van der Waals surface area contributed by atoms with Crippen molar-refractivity contribution in [3.05, 3.63) is 58.1 Å². The number of carbonyl (C=O) groups excluding carboxylic acids is 1. The van der Waals surface area contributed by atoms with Gasteiger partial charge in [-0.25, -0.2) is 4.79 Å². The molecule has 0 spiro atoms. The highest BCUT2D eigenvalue weighted by atomic mass is 16.6. The third kappa shape index (κ3) is 10.5. The SMILES string of the molecule is Cc1c(C)c2c(c(C)c1OCC(CO)OC(=O)c1ccccc1)CC[C@@](C)(CCC[C@H](C)CCC[C@H](C)CCCC(C)C)O2. The summed E-state index contributed by atoms with van der Waals surface area (Å²) in [5.41, 5.74) is 4.71. The fourth-order valence-electron chi connectivity index (χ4n) is 6.57. The highest BCUT2D eigenvalue weighted by Gasteiger charge is 2.34. The maximum absolute atomic E-state index is 12.5. The number of hydrogen-bond acceptors (Lipinski definition) is 5. The molecule has 0 saturated carbocycles. The molecule has 5 heteroatoms. The van der Waals surface area contributed by atoms with Gasteiger partial charge in [-0.1, -0.05) is 90.8 Å². The first kappa shape index (κ1) is 35.9. The van der Waals surface area contributed by atoms with Crippen LogP contribution in [0.5, 0.6) is 11.5 Å². The van der Waals surface area contributed by atoms with Crippen LogP contribution in [-0.2, 0) is 11.2 Å². The molecule has 1 N–H and O–H groups in total. The second-order valence-corrected chi connectivity index (χ2v) is 14.3. The molecule has 0 aromatic heterocycles. The largest absolute Gasteiger partial charge is 0.489 e. The van der Waals surface area contributed by atoms with Crippen molar-refractivity contribution in [3.63, 3.8) is 0 Å². The minimum atomic E-state index is -0.752. The lowest BCUT2D eigenvalue weighted by atomic mass is 9.83. The standard InChI is InChI=1S/C39H60O5/c1-27(2)15-12-16-28(3)17-13-18-29(4)19-14-23-39(8)24-22-35-32(7)36(30(5)31(6)37(35)44-39)42-26-34(25-40)43-38(41)33-20-10-9-11-21-33/h9-11,20-21,27-29,34,40H,12-19,22-26H2,1-8H3/t28-,29-,34?,39-/m1/s1. The maximum Gasteiger partial charge on any atom is 0.338 e. The van der Waals surface area contributed by atoms with Gasteiger partial charge in [0, 0.05) is 5.56 Å². The lowest BCUT2D eigenvalue weighted by molar-refractivity contribution is -0.00162. The molecule has 5 nitrogen and oxygen atoms in total. The molecule has 0 bridgehead atoms. The summed E-state index contributed by atoms with van der Waals surface area (Å²) in [4.78, 5) is 12.5. The lowest BCUT2D eigenvalue weighted by Crippen LogP contribution is -2.37. The fraction of sp³-hybridized carbons (Fsp3) is 0.667. The van der Waals surface area contributed by atoms with Crippen LogP contribution in [0.1, 0.15) is 131 Å². The van der Waals surface area contributed by atoms with Gasteiger partial charge in [-0.3, -0.25) is 0 Å². The lowest BCUT2D eigenvalue weighted by Gasteiger charge is -2.38. The molecule has 2 aromatic carbocycles. The molecule has 0 amide bonds. The number of fused-ring (bicyclic) bond motifs is 1. The van der Waals surface area contributed by atoms with Gasteiger partial charge in [0.2, 0.25) is 0 Å². The van der Waals surface area contributed by atoms with Gasteiger partial charge >= 0.3 is 5.97 Å². The third-order valence-corrected chi connectivity index (χ3v) is 9.74. The molecule has 1 unspecified atom stereocenters. The van der Waals surface area contributed by atoms with E-state index in [1.54, 1.807) is 24.3 Å². The van der Waals surface area contributed by atoms with Gasteiger partial charge in [0.25, 0.3) is 0 Å². The van der Waals surface area contributed by atoms with Crippen molar-refractivity contribution in [2.75, 3.05) is 13.2 Å². The van der Waals surface area contributed by atoms with Gasteiger partial charge in [0.15, 0.2) is 6.10 Å². The van der Waals surface area contributed by atoms with Crippen LogP contribution in [0.3, 0.4) is 0 Å². The van der Waals surface area contributed by atoms with Crippen molar-refractivity contribution in [2.45, 2.75) is 138 Å². The van der Waals surface area contributed by atoms with E-state index in [9.17, 15) is 9.90 Å². The number of ether oxygens (including phenoxy) is 3. The van der Waals surface area contributed by atoms with Gasteiger partial charge in [-0.2, -0.15) is 0 Å². The molecule has 3 rings (SSSR count). The van der Waals surface area contributed by atoms with Crippen LogP contribution in [0.2, 0.25) is 0 Å². The van der Waals surface area contributed by atoms with E-state index in [1.807, 2.05) is 6.07 Å². The van der Waals surface area contributed by atoms with Crippen molar-refractivity contribution >= 4 is 5.97 Å². The highest BCUT2D eigenvalue weighted by Crippen LogP contribution is 2.45. The highest BCUT2D eigenvalue weighted by molar-refractivity contribution is 5.89. The Labute approximate surface area is 268 Å². The van der Waals surface area contributed by atoms with Gasteiger partial charge in [-0.05, 0) is 100.0 Å². The maximum atomic E-state index is 12.5. The zero-order valence-corrected chi connectivity index (χ0v) is 29.0. The monoisotopic (exact) mass is 608 g/mol. The van der Waals surface area contributed by atoms with E-state index in [1.165, 1.54) is 56.9 Å². The Bertz CT molecular complexity index is 1170. The Morgan fingerprint density at radius 3 is 2.11 bits per heavy atom. The third-order valence-electron chi connectivity index (χ3n) is 9.74. The Hall–Kier alpha value is -2.53. The van der Waals surface area contributed by atoms with Crippen LogP contribution in [0.15, 0.2) is 30.3 Å². The van der Waals surface area contributed by atoms with Crippen LogP contribution < -0.4 is 9.47 Å². The van der Waals surface area contributed by atoms with Gasteiger partial charge < -0.3 is 19.3 Å². The Morgan fingerprint density at radius 2 is 1.50 bits per heavy atom. The smallest absolute Gasteiger partial charge is 0.338 e. The van der Waals surface area contributed by atoms with E-state index in [2.05, 4.69) is 55.4 Å². The van der Waals surface area contributed by atoms with Crippen molar-refractivity contribution < 1.29 is 24.1 Å². The molecular weight excluding hydrogens is 548 g/mol. The molecular formula is C39H60O5. The summed E-state index contributed by atoms with van der Waals surface area (Å²) in [7, 11) is 0. The van der Waals surface area contributed by atoms with Crippen LogP contribution in [-0.4, -0.2) is 36.0 Å². The Morgan fingerprint density at radius 1 is 0.886 bits per heavy atom. The van der Waals surface area contributed by atoms with Crippen molar-refractivity contribution in [3.8, 4) is 11.5 Å². The summed E-state index contributed by atoms with van der Waals surface area (Å²) in [6.07, 6.45) is 12.9. The molecule has 1 heterocycles. The van der Waals surface area contributed by atoms with E-state index in [4.69, 9.17) is 14.2 Å². The predicted molar refractivity (Wildman–Crippen MR) is 181 cm³/mol. The molecule has 4 atom stereocenters.